The van der Waals surface area contributed by atoms with Crippen LogP contribution >= 0.6 is 0 Å². The summed E-state index contributed by atoms with van der Waals surface area (Å²) in [6.07, 6.45) is -2.82. The molecule has 0 radical (unpaired) electrons. The summed E-state index contributed by atoms with van der Waals surface area (Å²) in [5, 5.41) is 0. The van der Waals surface area contributed by atoms with E-state index < -0.39 is 11.7 Å². The lowest BCUT2D eigenvalue weighted by molar-refractivity contribution is -0.138. The van der Waals surface area contributed by atoms with Gasteiger partial charge in [0.05, 0.1) is 5.56 Å². The summed E-state index contributed by atoms with van der Waals surface area (Å²) < 4.78 is 39.5. The molecule has 126 valence electrons. The molecule has 0 heterocycles. The summed E-state index contributed by atoms with van der Waals surface area (Å²) in [7, 11) is 0. The Balaban J connectivity index is 1.90. The number of anilines is 1. The molecule has 0 aromatic heterocycles. The molecule has 0 atom stereocenters. The second kappa shape index (κ2) is 6.19. The van der Waals surface area contributed by atoms with E-state index in [1.54, 1.807) is 30.3 Å². The molecule has 0 bridgehead atoms. The average molecular weight is 334 g/mol. The maximum atomic E-state index is 13.2. The van der Waals surface area contributed by atoms with Crippen LogP contribution in [0.3, 0.4) is 0 Å². The SMILES string of the molecule is Nc1cccc(C(=O)N(Cc2ccccc2C(F)(F)F)C2CC2)c1. The number of carbonyl (C=O) groups excluding carboxylic acids is 1. The van der Waals surface area contributed by atoms with Gasteiger partial charge in [-0.05, 0) is 42.7 Å². The fourth-order valence-corrected chi connectivity index (χ4v) is 2.71. The van der Waals surface area contributed by atoms with Crippen molar-refractivity contribution in [3.05, 3.63) is 65.2 Å². The van der Waals surface area contributed by atoms with Crippen LogP contribution in [0, 0.1) is 0 Å². The normalized spacial score (nSPS) is 14.5. The monoisotopic (exact) mass is 334 g/mol. The van der Waals surface area contributed by atoms with E-state index in [0.717, 1.165) is 18.9 Å². The number of nitrogens with zero attached hydrogens (tertiary/aromatic N) is 1. The molecule has 1 fully saturated rings. The number of benzene rings is 2. The van der Waals surface area contributed by atoms with Crippen molar-refractivity contribution in [1.29, 1.82) is 0 Å². The number of alkyl halides is 3. The Morgan fingerprint density at radius 2 is 1.83 bits per heavy atom. The molecular weight excluding hydrogens is 317 g/mol. The molecule has 1 saturated carbocycles. The van der Waals surface area contributed by atoms with Crippen molar-refractivity contribution in [2.75, 3.05) is 5.73 Å². The number of rotatable bonds is 4. The topological polar surface area (TPSA) is 46.3 Å². The molecule has 0 aliphatic heterocycles. The first-order valence-corrected chi connectivity index (χ1v) is 7.68. The van der Waals surface area contributed by atoms with Crippen molar-refractivity contribution in [2.45, 2.75) is 31.6 Å². The molecule has 2 aromatic rings. The molecule has 0 spiro atoms. The van der Waals surface area contributed by atoms with Crippen LogP contribution in [0.2, 0.25) is 0 Å². The number of hydrogen-bond acceptors (Lipinski definition) is 2. The predicted octanol–water partition coefficient (Wildman–Crippen LogP) is 4.09. The minimum Gasteiger partial charge on any atom is -0.399 e. The molecule has 1 amide bonds. The van der Waals surface area contributed by atoms with Gasteiger partial charge in [0.1, 0.15) is 0 Å². The van der Waals surface area contributed by atoms with E-state index in [-0.39, 0.29) is 24.1 Å². The highest BCUT2D eigenvalue weighted by molar-refractivity contribution is 5.95. The lowest BCUT2D eigenvalue weighted by atomic mass is 10.1. The molecule has 2 aromatic carbocycles. The summed E-state index contributed by atoms with van der Waals surface area (Å²) in [5.74, 6) is -0.290. The number of hydrogen-bond donors (Lipinski definition) is 1. The molecule has 24 heavy (non-hydrogen) atoms. The van der Waals surface area contributed by atoms with E-state index in [9.17, 15) is 18.0 Å². The van der Waals surface area contributed by atoms with Crippen LogP contribution in [0.5, 0.6) is 0 Å². The quantitative estimate of drug-likeness (QED) is 0.856. The average Bonchev–Trinajstić information content (AvgIpc) is 3.36. The van der Waals surface area contributed by atoms with Gasteiger partial charge in [-0.2, -0.15) is 13.2 Å². The summed E-state index contributed by atoms with van der Waals surface area (Å²) in [4.78, 5) is 14.2. The number of halogens is 3. The van der Waals surface area contributed by atoms with E-state index in [1.165, 1.54) is 17.0 Å². The summed E-state index contributed by atoms with van der Waals surface area (Å²) in [6, 6.07) is 11.9. The first kappa shape index (κ1) is 16.4. The maximum absolute atomic E-state index is 13.2. The van der Waals surface area contributed by atoms with Gasteiger partial charge in [-0.15, -0.1) is 0 Å². The van der Waals surface area contributed by atoms with Gasteiger partial charge in [0.15, 0.2) is 0 Å². The third kappa shape index (κ3) is 3.53. The highest BCUT2D eigenvalue weighted by atomic mass is 19.4. The second-order valence-electron chi connectivity index (χ2n) is 5.94. The fraction of sp³-hybridized carbons (Fsp3) is 0.278. The Labute approximate surface area is 137 Å². The van der Waals surface area contributed by atoms with E-state index in [1.807, 2.05) is 0 Å². The largest absolute Gasteiger partial charge is 0.416 e. The standard InChI is InChI=1S/C18H17F3N2O/c19-18(20,21)16-7-2-1-4-13(16)11-23(15-8-9-15)17(24)12-5-3-6-14(22)10-12/h1-7,10,15H,8-9,11,22H2. The Morgan fingerprint density at radius 3 is 2.46 bits per heavy atom. The number of nitrogen functional groups attached to an aromatic ring is 1. The number of nitrogens with two attached hydrogens (primary N) is 1. The van der Waals surface area contributed by atoms with Crippen LogP contribution in [0.1, 0.15) is 34.3 Å². The Morgan fingerprint density at radius 1 is 1.12 bits per heavy atom. The molecule has 1 aliphatic rings. The van der Waals surface area contributed by atoms with Gasteiger partial charge >= 0.3 is 6.18 Å². The second-order valence-corrected chi connectivity index (χ2v) is 5.94. The van der Waals surface area contributed by atoms with E-state index in [4.69, 9.17) is 5.73 Å². The van der Waals surface area contributed by atoms with Crippen LogP contribution in [-0.4, -0.2) is 16.8 Å². The Bertz CT molecular complexity index is 754. The van der Waals surface area contributed by atoms with Crippen LogP contribution in [-0.2, 0) is 12.7 Å². The summed E-state index contributed by atoms with van der Waals surface area (Å²) in [6.45, 7) is -0.0615. The van der Waals surface area contributed by atoms with Crippen LogP contribution in [0.4, 0.5) is 18.9 Å². The van der Waals surface area contributed by atoms with Gasteiger partial charge in [0.25, 0.3) is 5.91 Å². The van der Waals surface area contributed by atoms with Crippen molar-refractivity contribution in [3.63, 3.8) is 0 Å². The first-order chi connectivity index (χ1) is 11.4. The molecular formula is C18H17F3N2O. The zero-order valence-electron chi connectivity index (χ0n) is 12.9. The van der Waals surface area contributed by atoms with Crippen molar-refractivity contribution in [2.24, 2.45) is 0 Å². The highest BCUT2D eigenvalue weighted by Gasteiger charge is 2.37. The zero-order valence-corrected chi connectivity index (χ0v) is 12.9. The summed E-state index contributed by atoms with van der Waals surface area (Å²) in [5.41, 5.74) is 5.96. The van der Waals surface area contributed by atoms with E-state index in [2.05, 4.69) is 0 Å². The number of carbonyl (C=O) groups is 1. The third-order valence-electron chi connectivity index (χ3n) is 4.05. The first-order valence-electron chi connectivity index (χ1n) is 7.68. The van der Waals surface area contributed by atoms with E-state index >= 15 is 0 Å². The molecule has 1 aliphatic carbocycles. The van der Waals surface area contributed by atoms with Crippen LogP contribution in [0.25, 0.3) is 0 Å². The van der Waals surface area contributed by atoms with Crippen molar-refractivity contribution in [1.82, 2.24) is 4.90 Å². The van der Waals surface area contributed by atoms with Gasteiger partial charge in [-0.25, -0.2) is 0 Å². The number of amides is 1. The zero-order chi connectivity index (χ0) is 17.3. The van der Waals surface area contributed by atoms with Crippen LogP contribution < -0.4 is 5.73 Å². The summed E-state index contributed by atoms with van der Waals surface area (Å²) >= 11 is 0. The van der Waals surface area contributed by atoms with Crippen molar-refractivity contribution < 1.29 is 18.0 Å². The lowest BCUT2D eigenvalue weighted by Gasteiger charge is -2.24. The van der Waals surface area contributed by atoms with Crippen LogP contribution in [0.15, 0.2) is 48.5 Å². The van der Waals surface area contributed by atoms with Gasteiger partial charge in [-0.3, -0.25) is 4.79 Å². The molecule has 0 saturated heterocycles. The fourth-order valence-electron chi connectivity index (χ4n) is 2.71. The minimum atomic E-state index is -4.44. The molecule has 3 rings (SSSR count). The highest BCUT2D eigenvalue weighted by Crippen LogP contribution is 2.35. The van der Waals surface area contributed by atoms with Gasteiger partial charge < -0.3 is 10.6 Å². The predicted molar refractivity (Wildman–Crippen MR) is 85.2 cm³/mol. The van der Waals surface area contributed by atoms with Gasteiger partial charge in [-0.1, -0.05) is 24.3 Å². The van der Waals surface area contributed by atoms with Gasteiger partial charge in [0.2, 0.25) is 0 Å². The Kier molecular flexibility index (Phi) is 4.22. The molecule has 3 nitrogen and oxygen atoms in total. The van der Waals surface area contributed by atoms with Crippen molar-refractivity contribution >= 4 is 11.6 Å². The third-order valence-corrected chi connectivity index (χ3v) is 4.05. The smallest absolute Gasteiger partial charge is 0.399 e. The van der Waals surface area contributed by atoms with Crippen molar-refractivity contribution in [3.8, 4) is 0 Å². The molecule has 0 unspecified atom stereocenters. The molecule has 2 N–H and O–H groups in total. The minimum absolute atomic E-state index is 0.0137. The lowest BCUT2D eigenvalue weighted by Crippen LogP contribution is -2.33. The Hall–Kier alpha value is -2.50. The van der Waals surface area contributed by atoms with Gasteiger partial charge in [0, 0.05) is 23.8 Å². The maximum Gasteiger partial charge on any atom is 0.416 e. The van der Waals surface area contributed by atoms with E-state index in [0.29, 0.717) is 11.3 Å². The molecule has 6 heteroatoms.